The van der Waals surface area contributed by atoms with E-state index in [0.29, 0.717) is 18.1 Å². The third kappa shape index (κ3) is 6.48. The largest absolute Gasteiger partial charge is 0.450 e. The molecule has 0 radical (unpaired) electrons. The average molecular weight is 380 g/mol. The molecule has 26 heavy (non-hydrogen) atoms. The Morgan fingerprint density at radius 1 is 1.12 bits per heavy atom. The third-order valence-corrected chi connectivity index (χ3v) is 3.18. The molecule has 0 saturated carbocycles. The van der Waals surface area contributed by atoms with Crippen LogP contribution in [-0.2, 0) is 16.1 Å². The second kappa shape index (κ2) is 10.1. The Labute approximate surface area is 157 Å². The number of carbonyl (C=O) groups is 2. The number of nitrogen functional groups attached to an aromatic ring is 1. The van der Waals surface area contributed by atoms with Crippen molar-refractivity contribution >= 4 is 47.4 Å². The SMILES string of the molecule is CCOC(=O)Nc1ccc(NCc2ccc(NC(C)=O)cc2)nc1N.Cl. The number of anilines is 4. The molecule has 0 atom stereocenters. The zero-order chi connectivity index (χ0) is 18.2. The number of nitrogens with one attached hydrogen (secondary N) is 3. The number of rotatable bonds is 6. The molecule has 2 amide bonds. The van der Waals surface area contributed by atoms with E-state index in [1.807, 2.05) is 24.3 Å². The number of ether oxygens (including phenoxy) is 1. The first-order chi connectivity index (χ1) is 12.0. The minimum Gasteiger partial charge on any atom is -0.450 e. The van der Waals surface area contributed by atoms with E-state index in [0.717, 1.165) is 11.3 Å². The van der Waals surface area contributed by atoms with Gasteiger partial charge in [0.15, 0.2) is 0 Å². The van der Waals surface area contributed by atoms with E-state index in [2.05, 4.69) is 20.9 Å². The molecule has 1 aromatic carbocycles. The molecular formula is C17H22ClN5O3. The minimum atomic E-state index is -0.573. The second-order valence-electron chi connectivity index (χ2n) is 5.21. The van der Waals surface area contributed by atoms with Crippen molar-refractivity contribution in [1.29, 1.82) is 0 Å². The van der Waals surface area contributed by atoms with Gasteiger partial charge >= 0.3 is 6.09 Å². The summed E-state index contributed by atoms with van der Waals surface area (Å²) in [5.41, 5.74) is 7.99. The lowest BCUT2D eigenvalue weighted by atomic mass is 10.2. The first kappa shape index (κ1) is 21.0. The average Bonchev–Trinajstić information content (AvgIpc) is 2.56. The fourth-order valence-electron chi connectivity index (χ4n) is 2.06. The molecule has 0 fully saturated rings. The summed E-state index contributed by atoms with van der Waals surface area (Å²) < 4.78 is 4.79. The number of aromatic nitrogens is 1. The van der Waals surface area contributed by atoms with Gasteiger partial charge in [-0.2, -0.15) is 0 Å². The zero-order valence-corrected chi connectivity index (χ0v) is 15.4. The van der Waals surface area contributed by atoms with Crippen LogP contribution in [0.4, 0.5) is 27.8 Å². The number of benzene rings is 1. The molecule has 8 nitrogen and oxygen atoms in total. The Morgan fingerprint density at radius 2 is 1.81 bits per heavy atom. The summed E-state index contributed by atoms with van der Waals surface area (Å²) in [6.07, 6.45) is -0.573. The van der Waals surface area contributed by atoms with Crippen molar-refractivity contribution in [3.8, 4) is 0 Å². The van der Waals surface area contributed by atoms with Gasteiger partial charge in [-0.25, -0.2) is 9.78 Å². The number of pyridine rings is 1. The summed E-state index contributed by atoms with van der Waals surface area (Å²) in [5.74, 6) is 0.666. The van der Waals surface area contributed by atoms with Gasteiger partial charge in [0.1, 0.15) is 11.6 Å². The van der Waals surface area contributed by atoms with Gasteiger partial charge in [-0.3, -0.25) is 10.1 Å². The van der Waals surface area contributed by atoms with Crippen molar-refractivity contribution in [2.24, 2.45) is 0 Å². The van der Waals surface area contributed by atoms with Crippen LogP contribution in [0.25, 0.3) is 0 Å². The van der Waals surface area contributed by atoms with Crippen molar-refractivity contribution < 1.29 is 14.3 Å². The Bertz CT molecular complexity index is 753. The maximum atomic E-state index is 11.4. The number of nitrogens with zero attached hydrogens (tertiary/aromatic N) is 1. The Balaban J connectivity index is 0.00000338. The fourth-order valence-corrected chi connectivity index (χ4v) is 2.06. The molecule has 0 bridgehead atoms. The molecule has 5 N–H and O–H groups in total. The highest BCUT2D eigenvalue weighted by atomic mass is 35.5. The van der Waals surface area contributed by atoms with E-state index in [1.165, 1.54) is 6.92 Å². The van der Waals surface area contributed by atoms with Crippen LogP contribution in [0.3, 0.4) is 0 Å². The van der Waals surface area contributed by atoms with E-state index in [-0.39, 0.29) is 30.7 Å². The van der Waals surface area contributed by atoms with Crippen LogP contribution in [0.15, 0.2) is 36.4 Å². The van der Waals surface area contributed by atoms with Gasteiger partial charge in [0.25, 0.3) is 0 Å². The van der Waals surface area contributed by atoms with Gasteiger partial charge < -0.3 is 21.1 Å². The predicted molar refractivity (Wildman–Crippen MR) is 105 cm³/mol. The summed E-state index contributed by atoms with van der Waals surface area (Å²) in [4.78, 5) is 26.6. The van der Waals surface area contributed by atoms with Gasteiger partial charge in [-0.15, -0.1) is 12.4 Å². The van der Waals surface area contributed by atoms with Gasteiger partial charge in [0, 0.05) is 19.2 Å². The molecule has 0 aliphatic carbocycles. The summed E-state index contributed by atoms with van der Waals surface area (Å²) in [5, 5.41) is 8.38. The predicted octanol–water partition coefficient (Wildman–Crippen LogP) is 3.22. The highest BCUT2D eigenvalue weighted by Crippen LogP contribution is 2.19. The molecule has 0 spiro atoms. The summed E-state index contributed by atoms with van der Waals surface area (Å²) in [6.45, 7) is 4.00. The van der Waals surface area contributed by atoms with E-state index in [9.17, 15) is 9.59 Å². The van der Waals surface area contributed by atoms with Crippen LogP contribution < -0.4 is 21.7 Å². The lowest BCUT2D eigenvalue weighted by molar-refractivity contribution is -0.114. The molecule has 0 aliphatic heterocycles. The maximum absolute atomic E-state index is 11.4. The first-order valence-corrected chi connectivity index (χ1v) is 7.78. The first-order valence-electron chi connectivity index (χ1n) is 7.78. The normalized spacial score (nSPS) is 9.62. The molecule has 9 heteroatoms. The Hall–Kier alpha value is -3.00. The van der Waals surface area contributed by atoms with Crippen molar-refractivity contribution in [1.82, 2.24) is 4.98 Å². The van der Waals surface area contributed by atoms with Crippen LogP contribution in [0.5, 0.6) is 0 Å². The van der Waals surface area contributed by atoms with Crippen molar-refractivity contribution in [3.05, 3.63) is 42.0 Å². The Kier molecular flexibility index (Phi) is 8.17. The van der Waals surface area contributed by atoms with Gasteiger partial charge in [-0.05, 0) is 36.8 Å². The summed E-state index contributed by atoms with van der Waals surface area (Å²) >= 11 is 0. The van der Waals surface area contributed by atoms with Crippen molar-refractivity contribution in [2.45, 2.75) is 20.4 Å². The number of carbonyl (C=O) groups excluding carboxylic acids is 2. The molecular weight excluding hydrogens is 358 g/mol. The van der Waals surface area contributed by atoms with Gasteiger partial charge in [-0.1, -0.05) is 12.1 Å². The molecule has 140 valence electrons. The van der Waals surface area contributed by atoms with Gasteiger partial charge in [0.05, 0.1) is 12.3 Å². The maximum Gasteiger partial charge on any atom is 0.411 e. The van der Waals surface area contributed by atoms with Crippen LogP contribution in [0.2, 0.25) is 0 Å². The fraction of sp³-hybridized carbons (Fsp3) is 0.235. The number of nitrogens with two attached hydrogens (primary N) is 1. The van der Waals surface area contributed by atoms with Crippen LogP contribution in [0, 0.1) is 0 Å². The standard InChI is InChI=1S/C17H21N5O3.ClH/c1-3-25-17(24)21-14-8-9-15(22-16(14)18)19-10-12-4-6-13(7-5-12)20-11(2)23;/h4-9H,3,10H2,1-2H3,(H,20,23)(H,21,24)(H3,18,19,22);1H. The number of hydrogen-bond acceptors (Lipinski definition) is 6. The molecule has 1 aromatic heterocycles. The highest BCUT2D eigenvalue weighted by molar-refractivity contribution is 5.89. The molecule has 0 unspecified atom stereocenters. The Morgan fingerprint density at radius 3 is 2.38 bits per heavy atom. The third-order valence-electron chi connectivity index (χ3n) is 3.18. The minimum absolute atomic E-state index is 0. The van der Waals surface area contributed by atoms with E-state index < -0.39 is 6.09 Å². The molecule has 0 saturated heterocycles. The molecule has 2 aromatic rings. The summed E-state index contributed by atoms with van der Waals surface area (Å²) in [7, 11) is 0. The number of halogens is 1. The van der Waals surface area contributed by atoms with E-state index in [1.54, 1.807) is 19.1 Å². The van der Waals surface area contributed by atoms with Crippen molar-refractivity contribution in [2.75, 3.05) is 28.3 Å². The highest BCUT2D eigenvalue weighted by Gasteiger charge is 2.07. The lowest BCUT2D eigenvalue weighted by Gasteiger charge is -2.11. The molecule has 0 aliphatic rings. The summed E-state index contributed by atoms with van der Waals surface area (Å²) in [6, 6.07) is 10.8. The molecule has 2 rings (SSSR count). The second-order valence-corrected chi connectivity index (χ2v) is 5.21. The van der Waals surface area contributed by atoms with Crippen LogP contribution >= 0.6 is 12.4 Å². The smallest absolute Gasteiger partial charge is 0.411 e. The van der Waals surface area contributed by atoms with Crippen LogP contribution in [-0.4, -0.2) is 23.6 Å². The quantitative estimate of drug-likeness (QED) is 0.612. The topological polar surface area (TPSA) is 118 Å². The van der Waals surface area contributed by atoms with Crippen LogP contribution in [0.1, 0.15) is 19.4 Å². The number of amides is 2. The van der Waals surface area contributed by atoms with E-state index >= 15 is 0 Å². The van der Waals surface area contributed by atoms with Crippen molar-refractivity contribution in [3.63, 3.8) is 0 Å². The zero-order valence-electron chi connectivity index (χ0n) is 14.5. The molecule has 1 heterocycles. The van der Waals surface area contributed by atoms with Gasteiger partial charge in [0.2, 0.25) is 5.91 Å². The lowest BCUT2D eigenvalue weighted by Crippen LogP contribution is -2.15. The monoisotopic (exact) mass is 379 g/mol. The van der Waals surface area contributed by atoms with E-state index in [4.69, 9.17) is 10.5 Å². The number of hydrogen-bond donors (Lipinski definition) is 4.